The molecule has 0 radical (unpaired) electrons. The molecule has 0 aromatic heterocycles. The van der Waals surface area contributed by atoms with Gasteiger partial charge in [-0.3, -0.25) is 0 Å². The molecule has 0 aromatic rings. The van der Waals surface area contributed by atoms with Crippen LogP contribution in [-0.4, -0.2) is 29.7 Å². The van der Waals surface area contributed by atoms with Crippen LogP contribution in [0.2, 0.25) is 0 Å². The zero-order valence-electron chi connectivity index (χ0n) is 7.63. The molecule has 12 heavy (non-hydrogen) atoms. The summed E-state index contributed by atoms with van der Waals surface area (Å²) in [7, 11) is 0. The molecule has 0 spiro atoms. The van der Waals surface area contributed by atoms with Gasteiger partial charge in [0, 0.05) is 0 Å². The molecule has 0 saturated carbocycles. The molecular formula is C9H14O3. The zero-order chi connectivity index (χ0) is 9.19. The minimum absolute atomic E-state index is 0.0528. The van der Waals surface area contributed by atoms with Crippen molar-refractivity contribution in [3.63, 3.8) is 0 Å². The lowest BCUT2D eigenvalue weighted by atomic mass is 10.2. The predicted octanol–water partition coefficient (Wildman–Crippen LogP) is 0.522. The third-order valence-electron chi connectivity index (χ3n) is 1.65. The van der Waals surface area contributed by atoms with Gasteiger partial charge in [-0.2, -0.15) is 0 Å². The van der Waals surface area contributed by atoms with Crippen molar-refractivity contribution in [1.82, 2.24) is 0 Å². The lowest BCUT2D eigenvalue weighted by Crippen LogP contribution is -2.24. The van der Waals surface area contributed by atoms with Crippen molar-refractivity contribution in [1.29, 1.82) is 0 Å². The maximum Gasteiger partial charge on any atom is 0.165 e. The number of hydrogen-bond donors (Lipinski definition) is 1. The van der Waals surface area contributed by atoms with Gasteiger partial charge in [-0.05, 0) is 20.8 Å². The molecule has 3 heteroatoms. The average molecular weight is 170 g/mol. The van der Waals surface area contributed by atoms with E-state index in [4.69, 9.17) is 14.6 Å². The SMILES string of the molecule is CC#CC1OC(C)(C)OC1CO. The maximum absolute atomic E-state index is 8.92. The standard InChI is InChI=1S/C9H14O3/c1-4-5-7-8(6-10)12-9(2,3)11-7/h7-8,10H,6H2,1-3H3. The third-order valence-corrected chi connectivity index (χ3v) is 1.65. The largest absolute Gasteiger partial charge is 0.394 e. The summed E-state index contributed by atoms with van der Waals surface area (Å²) in [4.78, 5) is 0. The molecule has 3 nitrogen and oxygen atoms in total. The minimum atomic E-state index is -0.623. The molecule has 1 saturated heterocycles. The van der Waals surface area contributed by atoms with Crippen LogP contribution >= 0.6 is 0 Å². The van der Waals surface area contributed by atoms with Gasteiger partial charge in [0.2, 0.25) is 0 Å². The van der Waals surface area contributed by atoms with Gasteiger partial charge in [-0.1, -0.05) is 5.92 Å². The first-order chi connectivity index (χ1) is 5.59. The van der Waals surface area contributed by atoms with Crippen molar-refractivity contribution >= 4 is 0 Å². The molecule has 0 amide bonds. The summed E-state index contributed by atoms with van der Waals surface area (Å²) in [5.74, 6) is 4.97. The predicted molar refractivity (Wildman–Crippen MR) is 44.4 cm³/mol. The van der Waals surface area contributed by atoms with Crippen LogP contribution in [-0.2, 0) is 9.47 Å². The molecule has 0 aromatic carbocycles. The van der Waals surface area contributed by atoms with Crippen LogP contribution in [0.15, 0.2) is 0 Å². The van der Waals surface area contributed by atoms with Crippen LogP contribution < -0.4 is 0 Å². The summed E-state index contributed by atoms with van der Waals surface area (Å²) in [6.45, 7) is 5.31. The monoisotopic (exact) mass is 170 g/mol. The average Bonchev–Trinajstić information content (AvgIpc) is 2.26. The van der Waals surface area contributed by atoms with E-state index in [-0.39, 0.29) is 18.8 Å². The summed E-state index contributed by atoms with van der Waals surface area (Å²) in [6, 6.07) is 0. The van der Waals surface area contributed by atoms with Crippen LogP contribution in [0.3, 0.4) is 0 Å². The smallest absolute Gasteiger partial charge is 0.165 e. The van der Waals surface area contributed by atoms with Crippen LogP contribution in [0.5, 0.6) is 0 Å². The molecule has 1 fully saturated rings. The van der Waals surface area contributed by atoms with Crippen molar-refractivity contribution < 1.29 is 14.6 Å². The summed E-state index contributed by atoms with van der Waals surface area (Å²) in [5, 5.41) is 8.92. The highest BCUT2D eigenvalue weighted by molar-refractivity contribution is 5.08. The van der Waals surface area contributed by atoms with Gasteiger partial charge < -0.3 is 14.6 Å². The second kappa shape index (κ2) is 3.44. The van der Waals surface area contributed by atoms with Gasteiger partial charge in [0.1, 0.15) is 12.2 Å². The van der Waals surface area contributed by atoms with Crippen LogP contribution in [0.4, 0.5) is 0 Å². The first kappa shape index (κ1) is 9.53. The van der Waals surface area contributed by atoms with E-state index in [0.717, 1.165) is 0 Å². The van der Waals surface area contributed by atoms with E-state index in [0.29, 0.717) is 0 Å². The highest BCUT2D eigenvalue weighted by Gasteiger charge is 2.39. The number of hydrogen-bond acceptors (Lipinski definition) is 3. The van der Waals surface area contributed by atoms with Crippen molar-refractivity contribution in [2.45, 2.75) is 38.8 Å². The second-order valence-corrected chi connectivity index (χ2v) is 3.17. The first-order valence-electron chi connectivity index (χ1n) is 3.98. The lowest BCUT2D eigenvalue weighted by Gasteiger charge is -2.15. The van der Waals surface area contributed by atoms with Crippen molar-refractivity contribution in [2.75, 3.05) is 6.61 Å². The Hall–Kier alpha value is -0.560. The Kier molecular flexibility index (Phi) is 2.73. The summed E-state index contributed by atoms with van der Waals surface area (Å²) >= 11 is 0. The van der Waals surface area contributed by atoms with E-state index in [1.165, 1.54) is 0 Å². The fraction of sp³-hybridized carbons (Fsp3) is 0.778. The van der Waals surface area contributed by atoms with Gasteiger partial charge in [0.25, 0.3) is 0 Å². The van der Waals surface area contributed by atoms with Gasteiger partial charge in [-0.25, -0.2) is 0 Å². The van der Waals surface area contributed by atoms with Gasteiger partial charge in [-0.15, -0.1) is 5.92 Å². The van der Waals surface area contributed by atoms with E-state index >= 15 is 0 Å². The van der Waals surface area contributed by atoms with Gasteiger partial charge >= 0.3 is 0 Å². The Balaban J connectivity index is 2.67. The molecule has 0 aliphatic carbocycles. The Bertz CT molecular complexity index is 212. The number of rotatable bonds is 1. The van der Waals surface area contributed by atoms with Crippen molar-refractivity contribution in [3.8, 4) is 11.8 Å². The molecule has 1 rings (SSSR count). The number of aliphatic hydroxyl groups is 1. The molecule has 1 aliphatic rings. The Morgan fingerprint density at radius 2 is 2.08 bits per heavy atom. The lowest BCUT2D eigenvalue weighted by molar-refractivity contribution is -0.145. The quantitative estimate of drug-likeness (QED) is 0.583. The van der Waals surface area contributed by atoms with Gasteiger partial charge in [0.15, 0.2) is 5.79 Å². The highest BCUT2D eigenvalue weighted by atomic mass is 16.8. The molecule has 2 unspecified atom stereocenters. The molecular weight excluding hydrogens is 156 g/mol. The molecule has 2 atom stereocenters. The van der Waals surface area contributed by atoms with Crippen LogP contribution in [0.25, 0.3) is 0 Å². The summed E-state index contributed by atoms with van der Waals surface area (Å²) in [5.41, 5.74) is 0. The summed E-state index contributed by atoms with van der Waals surface area (Å²) in [6.07, 6.45) is -0.609. The van der Waals surface area contributed by atoms with Crippen LogP contribution in [0, 0.1) is 11.8 Å². The van der Waals surface area contributed by atoms with E-state index in [2.05, 4.69) is 11.8 Å². The molecule has 1 N–H and O–H groups in total. The van der Waals surface area contributed by atoms with E-state index in [9.17, 15) is 0 Å². The van der Waals surface area contributed by atoms with E-state index in [1.807, 2.05) is 13.8 Å². The fourth-order valence-corrected chi connectivity index (χ4v) is 1.23. The Morgan fingerprint density at radius 1 is 1.42 bits per heavy atom. The van der Waals surface area contributed by atoms with Crippen molar-refractivity contribution in [3.05, 3.63) is 0 Å². The molecule has 0 bridgehead atoms. The second-order valence-electron chi connectivity index (χ2n) is 3.17. The molecule has 1 heterocycles. The normalized spacial score (nSPS) is 32.7. The maximum atomic E-state index is 8.92. The topological polar surface area (TPSA) is 38.7 Å². The highest BCUT2D eigenvalue weighted by Crippen LogP contribution is 2.27. The molecule has 1 aliphatic heterocycles. The first-order valence-corrected chi connectivity index (χ1v) is 3.98. The van der Waals surface area contributed by atoms with E-state index in [1.54, 1.807) is 6.92 Å². The number of ether oxygens (including phenoxy) is 2. The van der Waals surface area contributed by atoms with Gasteiger partial charge in [0.05, 0.1) is 6.61 Å². The number of aliphatic hydroxyl groups excluding tert-OH is 1. The summed E-state index contributed by atoms with van der Waals surface area (Å²) < 4.78 is 10.8. The fourth-order valence-electron chi connectivity index (χ4n) is 1.23. The minimum Gasteiger partial charge on any atom is -0.394 e. The third kappa shape index (κ3) is 1.98. The van der Waals surface area contributed by atoms with Crippen LogP contribution in [0.1, 0.15) is 20.8 Å². The van der Waals surface area contributed by atoms with E-state index < -0.39 is 5.79 Å². The Labute approximate surface area is 72.7 Å². The molecule has 68 valence electrons. The zero-order valence-corrected chi connectivity index (χ0v) is 7.63. The van der Waals surface area contributed by atoms with Crippen molar-refractivity contribution in [2.24, 2.45) is 0 Å². The Morgan fingerprint density at radius 3 is 2.58 bits per heavy atom.